The van der Waals surface area contributed by atoms with E-state index < -0.39 is 0 Å². The van der Waals surface area contributed by atoms with Gasteiger partial charge in [0.15, 0.2) is 0 Å². The lowest BCUT2D eigenvalue weighted by Crippen LogP contribution is -2.37. The largest absolute Gasteiger partial charge is 0.317 e. The van der Waals surface area contributed by atoms with Gasteiger partial charge in [0.1, 0.15) is 0 Å². The Morgan fingerprint density at radius 2 is 2.12 bits per heavy atom. The molecule has 1 fully saturated rings. The van der Waals surface area contributed by atoms with Gasteiger partial charge in [-0.15, -0.1) is 0 Å². The molecule has 0 amide bonds. The summed E-state index contributed by atoms with van der Waals surface area (Å²) >= 11 is 0. The lowest BCUT2D eigenvalue weighted by molar-refractivity contribution is -0.385. The third kappa shape index (κ3) is 1.93. The van der Waals surface area contributed by atoms with Crippen molar-refractivity contribution in [2.24, 2.45) is 0 Å². The molecular weight excluding hydrogens is 204 g/mol. The van der Waals surface area contributed by atoms with E-state index in [0.717, 1.165) is 24.0 Å². The first-order chi connectivity index (χ1) is 7.61. The van der Waals surface area contributed by atoms with Gasteiger partial charge in [-0.1, -0.05) is 12.1 Å². The summed E-state index contributed by atoms with van der Waals surface area (Å²) in [5.74, 6) is 0.483. The summed E-state index contributed by atoms with van der Waals surface area (Å²) < 4.78 is 0. The molecule has 16 heavy (non-hydrogen) atoms. The van der Waals surface area contributed by atoms with E-state index in [9.17, 15) is 10.1 Å². The second-order valence-corrected chi connectivity index (χ2v) is 4.46. The van der Waals surface area contributed by atoms with E-state index in [1.807, 2.05) is 19.2 Å². The first-order valence-electron chi connectivity index (χ1n) is 5.54. The van der Waals surface area contributed by atoms with Gasteiger partial charge in [-0.25, -0.2) is 0 Å². The van der Waals surface area contributed by atoms with Crippen molar-refractivity contribution >= 4 is 5.69 Å². The number of rotatable bonds is 3. The maximum atomic E-state index is 10.8. The van der Waals surface area contributed by atoms with E-state index in [1.54, 1.807) is 13.0 Å². The molecule has 0 spiro atoms. The van der Waals surface area contributed by atoms with Crippen molar-refractivity contribution in [3.63, 3.8) is 0 Å². The zero-order valence-electron chi connectivity index (χ0n) is 9.56. The van der Waals surface area contributed by atoms with E-state index >= 15 is 0 Å². The van der Waals surface area contributed by atoms with E-state index in [4.69, 9.17) is 0 Å². The number of nitrogens with zero attached hydrogens (tertiary/aromatic N) is 1. The van der Waals surface area contributed by atoms with Crippen molar-refractivity contribution in [2.45, 2.75) is 31.7 Å². The van der Waals surface area contributed by atoms with Crippen LogP contribution >= 0.6 is 0 Å². The predicted octanol–water partition coefficient (Wildman–Crippen LogP) is 2.37. The number of hydrogen-bond donors (Lipinski definition) is 1. The summed E-state index contributed by atoms with van der Waals surface area (Å²) in [4.78, 5) is 10.5. The Balaban J connectivity index is 2.18. The number of nitro groups is 1. The van der Waals surface area contributed by atoms with Crippen LogP contribution < -0.4 is 5.32 Å². The maximum Gasteiger partial charge on any atom is 0.272 e. The lowest BCUT2D eigenvalue weighted by atomic mass is 9.76. The van der Waals surface area contributed by atoms with Crippen LogP contribution in [0.2, 0.25) is 0 Å². The summed E-state index contributed by atoms with van der Waals surface area (Å²) in [6, 6.07) is 6.16. The fraction of sp³-hybridized carbons (Fsp3) is 0.500. The van der Waals surface area contributed by atoms with Crippen LogP contribution in [-0.2, 0) is 0 Å². The molecule has 0 atom stereocenters. The van der Waals surface area contributed by atoms with Gasteiger partial charge in [-0.05, 0) is 38.3 Å². The minimum absolute atomic E-state index is 0.241. The highest BCUT2D eigenvalue weighted by Gasteiger charge is 2.30. The zero-order valence-corrected chi connectivity index (χ0v) is 9.56. The molecule has 86 valence electrons. The van der Waals surface area contributed by atoms with Gasteiger partial charge >= 0.3 is 0 Å². The Kier molecular flexibility index (Phi) is 2.92. The van der Waals surface area contributed by atoms with Crippen molar-refractivity contribution in [1.82, 2.24) is 5.32 Å². The molecule has 1 aromatic carbocycles. The molecule has 0 aromatic heterocycles. The standard InChI is InChI=1S/C12H16N2O2/c1-8-3-4-9(7-12(8)14(15)16)10-5-11(6-10)13-2/h3-4,7,10-11,13H,5-6H2,1-2H3. The zero-order chi connectivity index (χ0) is 11.7. The summed E-state index contributed by atoms with van der Waals surface area (Å²) in [5, 5.41) is 14.0. The topological polar surface area (TPSA) is 55.2 Å². The molecule has 1 N–H and O–H groups in total. The highest BCUT2D eigenvalue weighted by Crippen LogP contribution is 2.38. The fourth-order valence-electron chi connectivity index (χ4n) is 2.20. The van der Waals surface area contributed by atoms with Crippen molar-refractivity contribution < 1.29 is 4.92 Å². The van der Waals surface area contributed by atoms with Crippen LogP contribution in [0.15, 0.2) is 18.2 Å². The van der Waals surface area contributed by atoms with E-state index in [1.165, 1.54) is 0 Å². The van der Waals surface area contributed by atoms with Crippen LogP contribution in [-0.4, -0.2) is 18.0 Å². The molecular formula is C12H16N2O2. The van der Waals surface area contributed by atoms with Crippen LogP contribution in [0.25, 0.3) is 0 Å². The number of hydrogen-bond acceptors (Lipinski definition) is 3. The first-order valence-corrected chi connectivity index (χ1v) is 5.54. The normalized spacial score (nSPS) is 23.9. The lowest BCUT2D eigenvalue weighted by Gasteiger charge is -2.35. The molecule has 0 unspecified atom stereocenters. The summed E-state index contributed by atoms with van der Waals surface area (Å²) in [6.45, 7) is 1.78. The monoisotopic (exact) mass is 220 g/mol. The molecule has 1 aromatic rings. The van der Waals surface area contributed by atoms with Gasteiger partial charge in [-0.2, -0.15) is 0 Å². The smallest absolute Gasteiger partial charge is 0.272 e. The Bertz CT molecular complexity index is 411. The van der Waals surface area contributed by atoms with Crippen LogP contribution in [0.3, 0.4) is 0 Å². The van der Waals surface area contributed by atoms with Crippen LogP contribution in [0.5, 0.6) is 0 Å². The molecule has 0 radical (unpaired) electrons. The number of aryl methyl sites for hydroxylation is 1. The summed E-state index contributed by atoms with van der Waals surface area (Å²) in [5.41, 5.74) is 2.08. The van der Waals surface area contributed by atoms with E-state index in [0.29, 0.717) is 12.0 Å². The first kappa shape index (κ1) is 11.1. The third-order valence-electron chi connectivity index (χ3n) is 3.45. The fourth-order valence-corrected chi connectivity index (χ4v) is 2.20. The Labute approximate surface area is 94.8 Å². The average molecular weight is 220 g/mol. The van der Waals surface area contributed by atoms with Gasteiger partial charge in [0.25, 0.3) is 5.69 Å². The van der Waals surface area contributed by atoms with Crippen LogP contribution in [0.1, 0.15) is 29.9 Å². The van der Waals surface area contributed by atoms with Gasteiger partial charge < -0.3 is 5.32 Å². The molecule has 1 saturated carbocycles. The van der Waals surface area contributed by atoms with Crippen LogP contribution in [0, 0.1) is 17.0 Å². The number of benzene rings is 1. The summed E-state index contributed by atoms with van der Waals surface area (Å²) in [7, 11) is 1.96. The van der Waals surface area contributed by atoms with Gasteiger partial charge in [-0.3, -0.25) is 10.1 Å². The summed E-state index contributed by atoms with van der Waals surface area (Å²) in [6.07, 6.45) is 2.16. The van der Waals surface area contributed by atoms with Crippen molar-refractivity contribution in [1.29, 1.82) is 0 Å². The molecule has 2 rings (SSSR count). The molecule has 1 aliphatic rings. The molecule has 0 saturated heterocycles. The Morgan fingerprint density at radius 1 is 1.44 bits per heavy atom. The molecule has 1 aliphatic carbocycles. The predicted molar refractivity (Wildman–Crippen MR) is 62.7 cm³/mol. The molecule has 4 heteroatoms. The van der Waals surface area contributed by atoms with Crippen molar-refractivity contribution in [3.8, 4) is 0 Å². The SMILES string of the molecule is CNC1CC(c2ccc(C)c([N+](=O)[O-])c2)C1. The molecule has 0 aliphatic heterocycles. The van der Waals surface area contributed by atoms with Gasteiger partial charge in [0, 0.05) is 17.7 Å². The molecule has 4 nitrogen and oxygen atoms in total. The Hall–Kier alpha value is -1.42. The van der Waals surface area contributed by atoms with Crippen molar-refractivity contribution in [2.75, 3.05) is 7.05 Å². The van der Waals surface area contributed by atoms with Gasteiger partial charge in [0.05, 0.1) is 4.92 Å². The van der Waals surface area contributed by atoms with E-state index in [2.05, 4.69) is 5.32 Å². The number of nitro benzene ring substituents is 1. The minimum Gasteiger partial charge on any atom is -0.317 e. The molecule has 0 bridgehead atoms. The quantitative estimate of drug-likeness (QED) is 0.628. The number of nitrogens with one attached hydrogen (secondary N) is 1. The van der Waals surface area contributed by atoms with Crippen LogP contribution in [0.4, 0.5) is 5.69 Å². The minimum atomic E-state index is -0.299. The van der Waals surface area contributed by atoms with E-state index in [-0.39, 0.29) is 10.6 Å². The average Bonchev–Trinajstić information content (AvgIpc) is 2.18. The maximum absolute atomic E-state index is 10.8. The van der Waals surface area contributed by atoms with Crippen molar-refractivity contribution in [3.05, 3.63) is 39.4 Å². The highest BCUT2D eigenvalue weighted by atomic mass is 16.6. The third-order valence-corrected chi connectivity index (χ3v) is 3.45. The highest BCUT2D eigenvalue weighted by molar-refractivity contribution is 5.44. The second kappa shape index (κ2) is 4.22. The molecule has 0 heterocycles. The Morgan fingerprint density at radius 3 is 2.69 bits per heavy atom. The van der Waals surface area contributed by atoms with Gasteiger partial charge in [0.2, 0.25) is 0 Å². The second-order valence-electron chi connectivity index (χ2n) is 4.46.